The number of carbonyl (C=O) groups excluding carboxylic acids is 1. The van der Waals surface area contributed by atoms with Gasteiger partial charge in [-0.25, -0.2) is 4.98 Å². The number of aromatic amines is 1. The highest BCUT2D eigenvalue weighted by atomic mass is 32.2. The predicted molar refractivity (Wildman–Crippen MR) is 73.6 cm³/mol. The van der Waals surface area contributed by atoms with Gasteiger partial charge in [0.2, 0.25) is 11.1 Å². The number of aromatic nitrogens is 3. The zero-order chi connectivity index (χ0) is 13.4. The van der Waals surface area contributed by atoms with Crippen LogP contribution in [0.15, 0.2) is 5.16 Å². The monoisotopic (exact) mass is 270 g/mol. The first kappa shape index (κ1) is 15.0. The average molecular weight is 270 g/mol. The molecule has 0 saturated carbocycles. The first-order chi connectivity index (χ1) is 8.71. The van der Waals surface area contributed by atoms with E-state index in [1.54, 1.807) is 0 Å². The molecule has 0 saturated heterocycles. The summed E-state index contributed by atoms with van der Waals surface area (Å²) < 4.78 is 0. The number of carbonyl (C=O) groups is 1. The summed E-state index contributed by atoms with van der Waals surface area (Å²) in [5.41, 5.74) is 0. The molecule has 0 radical (unpaired) electrons. The Morgan fingerprint density at radius 3 is 2.67 bits per heavy atom. The van der Waals surface area contributed by atoms with Crippen molar-refractivity contribution < 1.29 is 4.79 Å². The van der Waals surface area contributed by atoms with Gasteiger partial charge in [0.1, 0.15) is 5.82 Å². The molecule has 102 valence electrons. The van der Waals surface area contributed by atoms with Gasteiger partial charge in [0.05, 0.1) is 5.75 Å². The summed E-state index contributed by atoms with van der Waals surface area (Å²) in [6.45, 7) is 7.63. The molecule has 0 aliphatic rings. The molecular weight excluding hydrogens is 248 g/mol. The van der Waals surface area contributed by atoms with E-state index in [-0.39, 0.29) is 5.91 Å². The quantitative estimate of drug-likeness (QED) is 0.735. The third-order valence-electron chi connectivity index (χ3n) is 2.72. The van der Waals surface area contributed by atoms with Crippen LogP contribution in [0.3, 0.4) is 0 Å². The van der Waals surface area contributed by atoms with Crippen molar-refractivity contribution in [2.75, 3.05) is 18.8 Å². The second-order valence-electron chi connectivity index (χ2n) is 4.02. The van der Waals surface area contributed by atoms with E-state index >= 15 is 0 Å². The van der Waals surface area contributed by atoms with Crippen LogP contribution in [-0.2, 0) is 11.2 Å². The number of amides is 1. The molecule has 18 heavy (non-hydrogen) atoms. The maximum Gasteiger partial charge on any atom is 0.233 e. The Hall–Kier alpha value is -1.04. The number of thioether (sulfide) groups is 1. The van der Waals surface area contributed by atoms with Crippen molar-refractivity contribution in [2.45, 2.75) is 45.2 Å². The van der Waals surface area contributed by atoms with Crippen LogP contribution >= 0.6 is 11.8 Å². The number of H-pyrrole nitrogens is 1. The van der Waals surface area contributed by atoms with Crippen molar-refractivity contribution in [3.05, 3.63) is 5.82 Å². The van der Waals surface area contributed by atoms with E-state index in [1.807, 2.05) is 18.7 Å². The molecule has 0 aromatic carbocycles. The zero-order valence-electron chi connectivity index (χ0n) is 11.4. The largest absolute Gasteiger partial charge is 0.343 e. The standard InChI is InChI=1S/C12H22N4OS/c1-4-7-8-10-13-12(15-14-10)18-9-11(17)16(5-2)6-3/h4-9H2,1-3H3,(H,13,14,15). The Morgan fingerprint density at radius 2 is 2.06 bits per heavy atom. The SMILES string of the molecule is CCCCc1nc(SCC(=O)N(CC)CC)n[nH]1. The predicted octanol–water partition coefficient (Wildman–Crippen LogP) is 2.11. The first-order valence-corrected chi connectivity index (χ1v) is 7.51. The second-order valence-corrected chi connectivity index (χ2v) is 4.97. The van der Waals surface area contributed by atoms with Gasteiger partial charge < -0.3 is 4.90 Å². The van der Waals surface area contributed by atoms with Crippen LogP contribution in [0.2, 0.25) is 0 Å². The van der Waals surface area contributed by atoms with Crippen LogP contribution in [-0.4, -0.2) is 44.8 Å². The highest BCUT2D eigenvalue weighted by molar-refractivity contribution is 7.99. The van der Waals surface area contributed by atoms with E-state index in [9.17, 15) is 4.79 Å². The lowest BCUT2D eigenvalue weighted by Crippen LogP contribution is -2.31. The molecule has 1 heterocycles. The fourth-order valence-electron chi connectivity index (χ4n) is 1.59. The van der Waals surface area contributed by atoms with Crippen molar-refractivity contribution >= 4 is 17.7 Å². The molecule has 0 spiro atoms. The summed E-state index contributed by atoms with van der Waals surface area (Å²) >= 11 is 1.40. The van der Waals surface area contributed by atoms with Crippen LogP contribution in [0.5, 0.6) is 0 Å². The van der Waals surface area contributed by atoms with Gasteiger partial charge in [-0.3, -0.25) is 9.89 Å². The normalized spacial score (nSPS) is 10.6. The summed E-state index contributed by atoms with van der Waals surface area (Å²) in [7, 11) is 0. The molecule has 1 aromatic heterocycles. The van der Waals surface area contributed by atoms with Gasteiger partial charge in [0.15, 0.2) is 0 Å². The van der Waals surface area contributed by atoms with E-state index < -0.39 is 0 Å². The summed E-state index contributed by atoms with van der Waals surface area (Å²) in [5, 5.41) is 7.69. The van der Waals surface area contributed by atoms with Crippen molar-refractivity contribution in [3.63, 3.8) is 0 Å². The molecule has 1 N–H and O–H groups in total. The molecule has 1 amide bonds. The average Bonchev–Trinajstić information content (AvgIpc) is 2.83. The number of aryl methyl sites for hydroxylation is 1. The number of rotatable bonds is 8. The molecule has 0 atom stereocenters. The van der Waals surface area contributed by atoms with E-state index in [4.69, 9.17) is 0 Å². The van der Waals surface area contributed by atoms with Crippen LogP contribution < -0.4 is 0 Å². The Kier molecular flexibility index (Phi) is 6.78. The summed E-state index contributed by atoms with van der Waals surface area (Å²) in [6, 6.07) is 0. The van der Waals surface area contributed by atoms with Crippen molar-refractivity contribution in [3.8, 4) is 0 Å². The smallest absolute Gasteiger partial charge is 0.233 e. The molecule has 5 nitrogen and oxygen atoms in total. The van der Waals surface area contributed by atoms with Crippen LogP contribution in [0.1, 0.15) is 39.4 Å². The number of nitrogens with zero attached hydrogens (tertiary/aromatic N) is 3. The van der Waals surface area contributed by atoms with Crippen LogP contribution in [0.25, 0.3) is 0 Å². The van der Waals surface area contributed by atoms with Crippen molar-refractivity contribution in [2.24, 2.45) is 0 Å². The minimum Gasteiger partial charge on any atom is -0.343 e. The van der Waals surface area contributed by atoms with Crippen LogP contribution in [0, 0.1) is 0 Å². The molecule has 0 aliphatic carbocycles. The molecule has 0 bridgehead atoms. The van der Waals surface area contributed by atoms with Gasteiger partial charge in [0.25, 0.3) is 0 Å². The third-order valence-corrected chi connectivity index (χ3v) is 3.55. The molecule has 0 aliphatic heterocycles. The van der Waals surface area contributed by atoms with Gasteiger partial charge in [-0.15, -0.1) is 5.10 Å². The number of hydrogen-bond donors (Lipinski definition) is 1. The van der Waals surface area contributed by atoms with Gasteiger partial charge in [-0.05, 0) is 20.3 Å². The lowest BCUT2D eigenvalue weighted by Gasteiger charge is -2.17. The Labute approximate surface area is 113 Å². The number of hydrogen-bond acceptors (Lipinski definition) is 4. The van der Waals surface area contributed by atoms with Crippen LogP contribution in [0.4, 0.5) is 0 Å². The minimum absolute atomic E-state index is 0.143. The fourth-order valence-corrected chi connectivity index (χ4v) is 2.31. The Morgan fingerprint density at radius 1 is 1.33 bits per heavy atom. The second kappa shape index (κ2) is 8.13. The molecule has 0 fully saturated rings. The van der Waals surface area contributed by atoms with E-state index in [1.165, 1.54) is 11.8 Å². The number of unbranched alkanes of at least 4 members (excludes halogenated alkanes) is 1. The molecule has 0 unspecified atom stereocenters. The zero-order valence-corrected chi connectivity index (χ0v) is 12.2. The Bertz CT molecular complexity index is 363. The highest BCUT2D eigenvalue weighted by Crippen LogP contribution is 2.13. The first-order valence-electron chi connectivity index (χ1n) is 6.53. The lowest BCUT2D eigenvalue weighted by atomic mass is 10.2. The van der Waals surface area contributed by atoms with Crippen molar-refractivity contribution in [1.82, 2.24) is 20.1 Å². The third kappa shape index (κ3) is 4.68. The molecule has 1 rings (SSSR count). The minimum atomic E-state index is 0.143. The van der Waals surface area contributed by atoms with E-state index in [2.05, 4.69) is 22.1 Å². The molecule has 6 heteroatoms. The maximum absolute atomic E-state index is 11.8. The fraction of sp³-hybridized carbons (Fsp3) is 0.750. The van der Waals surface area contributed by atoms with Gasteiger partial charge in [0, 0.05) is 19.5 Å². The molecular formula is C12H22N4OS. The van der Waals surface area contributed by atoms with E-state index in [0.717, 1.165) is 38.2 Å². The maximum atomic E-state index is 11.8. The summed E-state index contributed by atoms with van der Waals surface area (Å²) in [5.74, 6) is 1.46. The lowest BCUT2D eigenvalue weighted by molar-refractivity contribution is -0.127. The Balaban J connectivity index is 2.38. The highest BCUT2D eigenvalue weighted by Gasteiger charge is 2.11. The van der Waals surface area contributed by atoms with Gasteiger partial charge in [-0.2, -0.15) is 0 Å². The van der Waals surface area contributed by atoms with Crippen molar-refractivity contribution in [1.29, 1.82) is 0 Å². The van der Waals surface area contributed by atoms with Gasteiger partial charge in [-0.1, -0.05) is 25.1 Å². The summed E-state index contributed by atoms with van der Waals surface area (Å²) in [6.07, 6.45) is 3.18. The van der Waals surface area contributed by atoms with E-state index in [0.29, 0.717) is 10.9 Å². The summed E-state index contributed by atoms with van der Waals surface area (Å²) in [4.78, 5) is 18.0. The van der Waals surface area contributed by atoms with Gasteiger partial charge >= 0.3 is 0 Å². The molecule has 1 aromatic rings. The topological polar surface area (TPSA) is 61.9 Å². The number of nitrogens with one attached hydrogen (secondary N) is 1.